The van der Waals surface area contributed by atoms with Crippen molar-refractivity contribution in [3.8, 4) is 0 Å². The fourth-order valence-corrected chi connectivity index (χ4v) is 2.78. The summed E-state index contributed by atoms with van der Waals surface area (Å²) in [5.74, 6) is 0.988. The lowest BCUT2D eigenvalue weighted by molar-refractivity contribution is -0.0669. The van der Waals surface area contributed by atoms with Gasteiger partial charge in [0, 0.05) is 29.5 Å². The molecule has 0 aromatic heterocycles. The lowest BCUT2D eigenvalue weighted by Gasteiger charge is -2.62. The van der Waals surface area contributed by atoms with Gasteiger partial charge in [-0.1, -0.05) is 27.7 Å². The molecule has 1 rings (SSSR count). The SMILES string of the molecule is CCNC(=NCC(CC)(CC)CO)N1CC(C)(C)C1(C)C. The Morgan fingerprint density at radius 1 is 1.19 bits per heavy atom. The first-order valence-corrected chi connectivity index (χ1v) is 8.36. The summed E-state index contributed by atoms with van der Waals surface area (Å²) in [6.45, 7) is 18.3. The molecule has 0 aromatic rings. The second kappa shape index (κ2) is 6.55. The molecule has 0 aliphatic carbocycles. The average molecular weight is 297 g/mol. The van der Waals surface area contributed by atoms with E-state index < -0.39 is 0 Å². The first kappa shape index (κ1) is 18.3. The van der Waals surface area contributed by atoms with Crippen LogP contribution in [-0.2, 0) is 0 Å². The number of hydrogen-bond donors (Lipinski definition) is 2. The molecule has 1 aliphatic rings. The van der Waals surface area contributed by atoms with Crippen molar-refractivity contribution < 1.29 is 5.11 Å². The minimum atomic E-state index is -0.0782. The lowest BCUT2D eigenvalue weighted by Crippen LogP contribution is -2.72. The van der Waals surface area contributed by atoms with Crippen molar-refractivity contribution in [1.82, 2.24) is 10.2 Å². The van der Waals surface area contributed by atoms with Crippen LogP contribution in [0.1, 0.15) is 61.3 Å². The van der Waals surface area contributed by atoms with Crippen molar-refractivity contribution in [3.05, 3.63) is 0 Å². The summed E-state index contributed by atoms with van der Waals surface area (Å²) in [6.07, 6.45) is 1.91. The molecule has 4 heteroatoms. The van der Waals surface area contributed by atoms with E-state index in [-0.39, 0.29) is 17.6 Å². The maximum atomic E-state index is 9.71. The van der Waals surface area contributed by atoms with Crippen LogP contribution in [0.2, 0.25) is 0 Å². The predicted octanol–water partition coefficient (Wildman–Crippen LogP) is 2.87. The van der Waals surface area contributed by atoms with E-state index >= 15 is 0 Å². The Kier molecular flexibility index (Phi) is 5.70. The third kappa shape index (κ3) is 3.36. The summed E-state index contributed by atoms with van der Waals surface area (Å²) in [5, 5.41) is 13.1. The summed E-state index contributed by atoms with van der Waals surface area (Å²) in [7, 11) is 0. The largest absolute Gasteiger partial charge is 0.396 e. The van der Waals surface area contributed by atoms with Crippen LogP contribution in [0.25, 0.3) is 0 Å². The first-order chi connectivity index (χ1) is 9.69. The van der Waals surface area contributed by atoms with Gasteiger partial charge in [0.25, 0.3) is 0 Å². The first-order valence-electron chi connectivity index (χ1n) is 8.36. The van der Waals surface area contributed by atoms with Gasteiger partial charge < -0.3 is 15.3 Å². The van der Waals surface area contributed by atoms with Gasteiger partial charge >= 0.3 is 0 Å². The standard InChI is InChI=1S/C17H35N3O/c1-8-17(9-2,13-21)11-19-14(18-10-3)20-12-15(4,5)16(20,6)7/h21H,8-13H2,1-7H3,(H,18,19). The van der Waals surface area contributed by atoms with Crippen LogP contribution in [-0.4, -0.2) is 47.7 Å². The molecule has 0 saturated carbocycles. The van der Waals surface area contributed by atoms with E-state index in [9.17, 15) is 5.11 Å². The van der Waals surface area contributed by atoms with Crippen molar-refractivity contribution in [3.63, 3.8) is 0 Å². The number of aliphatic imine (C=N–C) groups is 1. The molecule has 1 fully saturated rings. The molecule has 4 nitrogen and oxygen atoms in total. The second-order valence-corrected chi connectivity index (χ2v) is 7.56. The fraction of sp³-hybridized carbons (Fsp3) is 0.941. The summed E-state index contributed by atoms with van der Waals surface area (Å²) in [6, 6.07) is 0. The predicted molar refractivity (Wildman–Crippen MR) is 90.6 cm³/mol. The van der Waals surface area contributed by atoms with Crippen LogP contribution in [0.5, 0.6) is 0 Å². The number of nitrogens with one attached hydrogen (secondary N) is 1. The number of rotatable bonds is 6. The van der Waals surface area contributed by atoms with Gasteiger partial charge in [0.2, 0.25) is 0 Å². The number of nitrogens with zero attached hydrogens (tertiary/aromatic N) is 2. The topological polar surface area (TPSA) is 47.9 Å². The van der Waals surface area contributed by atoms with Crippen LogP contribution >= 0.6 is 0 Å². The molecule has 0 aromatic carbocycles. The minimum absolute atomic E-state index is 0.0782. The highest BCUT2D eigenvalue weighted by atomic mass is 16.3. The zero-order valence-corrected chi connectivity index (χ0v) is 15.1. The Morgan fingerprint density at radius 3 is 2.10 bits per heavy atom. The van der Waals surface area contributed by atoms with E-state index in [0.717, 1.165) is 31.9 Å². The van der Waals surface area contributed by atoms with Crippen LogP contribution in [0, 0.1) is 10.8 Å². The Hall–Kier alpha value is -0.770. The van der Waals surface area contributed by atoms with Gasteiger partial charge in [0.05, 0.1) is 13.2 Å². The van der Waals surface area contributed by atoms with Gasteiger partial charge in [-0.3, -0.25) is 4.99 Å². The molecule has 0 radical (unpaired) electrons. The van der Waals surface area contributed by atoms with E-state index in [1.54, 1.807) is 0 Å². The summed E-state index contributed by atoms with van der Waals surface area (Å²) >= 11 is 0. The maximum Gasteiger partial charge on any atom is 0.194 e. The van der Waals surface area contributed by atoms with E-state index in [2.05, 4.69) is 58.7 Å². The molecule has 2 N–H and O–H groups in total. The fourth-order valence-electron chi connectivity index (χ4n) is 2.78. The Bertz CT molecular complexity index is 362. The quantitative estimate of drug-likeness (QED) is 0.585. The Labute approximate surface area is 131 Å². The monoisotopic (exact) mass is 297 g/mol. The van der Waals surface area contributed by atoms with E-state index in [1.165, 1.54) is 0 Å². The van der Waals surface area contributed by atoms with E-state index in [0.29, 0.717) is 12.0 Å². The van der Waals surface area contributed by atoms with Gasteiger partial charge in [-0.25, -0.2) is 0 Å². The molecule has 0 atom stereocenters. The van der Waals surface area contributed by atoms with Crippen LogP contribution < -0.4 is 5.32 Å². The van der Waals surface area contributed by atoms with Crippen molar-refractivity contribution in [2.75, 3.05) is 26.2 Å². The van der Waals surface area contributed by atoms with E-state index in [1.807, 2.05) is 0 Å². The van der Waals surface area contributed by atoms with Crippen molar-refractivity contribution >= 4 is 5.96 Å². The third-order valence-electron chi connectivity index (χ3n) is 5.87. The molecule has 124 valence electrons. The average Bonchev–Trinajstić information content (AvgIpc) is 2.45. The summed E-state index contributed by atoms with van der Waals surface area (Å²) in [4.78, 5) is 7.22. The number of likely N-dealkylation sites (tertiary alicyclic amines) is 1. The number of hydrogen-bond acceptors (Lipinski definition) is 2. The highest BCUT2D eigenvalue weighted by Crippen LogP contribution is 2.46. The van der Waals surface area contributed by atoms with Crippen LogP contribution in [0.4, 0.5) is 0 Å². The smallest absolute Gasteiger partial charge is 0.194 e. The molecular weight excluding hydrogens is 262 g/mol. The molecule has 0 amide bonds. The normalized spacial score (nSPS) is 21.1. The molecule has 1 aliphatic heterocycles. The van der Waals surface area contributed by atoms with Crippen LogP contribution in [0.15, 0.2) is 4.99 Å². The third-order valence-corrected chi connectivity index (χ3v) is 5.87. The minimum Gasteiger partial charge on any atom is -0.396 e. The number of guanidine groups is 1. The van der Waals surface area contributed by atoms with Crippen molar-refractivity contribution in [1.29, 1.82) is 0 Å². The maximum absolute atomic E-state index is 9.71. The highest BCUT2D eigenvalue weighted by molar-refractivity contribution is 5.82. The summed E-state index contributed by atoms with van der Waals surface area (Å²) in [5.41, 5.74) is 0.326. The number of aliphatic hydroxyl groups is 1. The molecular formula is C17H35N3O. The second-order valence-electron chi connectivity index (χ2n) is 7.56. The summed E-state index contributed by atoms with van der Waals surface area (Å²) < 4.78 is 0. The molecule has 1 saturated heterocycles. The zero-order valence-electron chi connectivity index (χ0n) is 15.1. The van der Waals surface area contributed by atoms with Gasteiger partial charge in [-0.2, -0.15) is 0 Å². The Morgan fingerprint density at radius 2 is 1.76 bits per heavy atom. The van der Waals surface area contributed by atoms with Crippen molar-refractivity contribution in [2.24, 2.45) is 15.8 Å². The zero-order chi connectivity index (χ0) is 16.3. The van der Waals surface area contributed by atoms with Crippen LogP contribution in [0.3, 0.4) is 0 Å². The van der Waals surface area contributed by atoms with Gasteiger partial charge in [-0.15, -0.1) is 0 Å². The van der Waals surface area contributed by atoms with Gasteiger partial charge in [0.1, 0.15) is 0 Å². The number of aliphatic hydroxyl groups excluding tert-OH is 1. The van der Waals surface area contributed by atoms with E-state index in [4.69, 9.17) is 4.99 Å². The van der Waals surface area contributed by atoms with Crippen molar-refractivity contribution in [2.45, 2.75) is 66.8 Å². The molecule has 0 unspecified atom stereocenters. The molecule has 21 heavy (non-hydrogen) atoms. The molecule has 0 bridgehead atoms. The lowest BCUT2D eigenvalue weighted by atomic mass is 9.65. The molecule has 0 spiro atoms. The highest BCUT2D eigenvalue weighted by Gasteiger charge is 2.53. The molecule has 1 heterocycles. The van der Waals surface area contributed by atoms with Gasteiger partial charge in [-0.05, 0) is 33.6 Å². The van der Waals surface area contributed by atoms with Gasteiger partial charge in [0.15, 0.2) is 5.96 Å². The Balaban J connectivity index is 2.91.